The Morgan fingerprint density at radius 1 is 1.07 bits per heavy atom. The average molecular weight is 360 g/mol. The molecule has 134 valence electrons. The maximum Gasteiger partial charge on any atom is 0.269 e. The summed E-state index contributed by atoms with van der Waals surface area (Å²) in [5.74, 6) is -0.592. The SMILES string of the molecule is N#Cc1cccc(Nc2ccc(C(=O)NCCc3ccccc3F)nc2)c1. The largest absolute Gasteiger partial charge is 0.354 e. The fourth-order valence-electron chi connectivity index (χ4n) is 2.54. The Morgan fingerprint density at radius 3 is 2.67 bits per heavy atom. The summed E-state index contributed by atoms with van der Waals surface area (Å²) in [7, 11) is 0. The zero-order chi connectivity index (χ0) is 19.1. The number of pyridine rings is 1. The molecule has 1 heterocycles. The molecular weight excluding hydrogens is 343 g/mol. The first kappa shape index (κ1) is 18.1. The van der Waals surface area contributed by atoms with E-state index in [0.717, 1.165) is 5.69 Å². The van der Waals surface area contributed by atoms with Crippen LogP contribution in [0, 0.1) is 17.1 Å². The highest BCUT2D eigenvalue weighted by molar-refractivity contribution is 5.92. The predicted octanol–water partition coefficient (Wildman–Crippen LogP) is 3.81. The fraction of sp³-hybridized carbons (Fsp3) is 0.0952. The molecule has 3 aromatic rings. The first-order valence-corrected chi connectivity index (χ1v) is 8.40. The summed E-state index contributed by atoms with van der Waals surface area (Å²) in [6.07, 6.45) is 1.96. The van der Waals surface area contributed by atoms with Crippen molar-refractivity contribution in [2.45, 2.75) is 6.42 Å². The normalized spacial score (nSPS) is 10.1. The molecule has 0 fully saturated rings. The molecule has 1 amide bonds. The Hall–Kier alpha value is -3.72. The van der Waals surface area contributed by atoms with Crippen molar-refractivity contribution in [3.63, 3.8) is 0 Å². The van der Waals surface area contributed by atoms with Crippen LogP contribution < -0.4 is 10.6 Å². The van der Waals surface area contributed by atoms with Crippen molar-refractivity contribution in [2.75, 3.05) is 11.9 Å². The minimum Gasteiger partial charge on any atom is -0.354 e. The number of hydrogen-bond donors (Lipinski definition) is 2. The summed E-state index contributed by atoms with van der Waals surface area (Å²) in [5.41, 5.74) is 2.86. The third-order valence-electron chi connectivity index (χ3n) is 3.91. The second-order valence-electron chi connectivity index (χ2n) is 5.85. The topological polar surface area (TPSA) is 77.8 Å². The van der Waals surface area contributed by atoms with Gasteiger partial charge in [0.15, 0.2) is 0 Å². The van der Waals surface area contributed by atoms with Crippen LogP contribution in [0.5, 0.6) is 0 Å². The summed E-state index contributed by atoms with van der Waals surface area (Å²) in [4.78, 5) is 16.3. The van der Waals surface area contributed by atoms with E-state index < -0.39 is 0 Å². The molecule has 0 atom stereocenters. The highest BCUT2D eigenvalue weighted by Gasteiger charge is 2.08. The minimum absolute atomic E-state index is 0.277. The number of aromatic nitrogens is 1. The lowest BCUT2D eigenvalue weighted by molar-refractivity contribution is 0.0949. The molecule has 0 aliphatic carbocycles. The number of anilines is 2. The first-order valence-electron chi connectivity index (χ1n) is 8.40. The Balaban J connectivity index is 1.55. The van der Waals surface area contributed by atoms with Crippen LogP contribution in [-0.2, 0) is 6.42 Å². The van der Waals surface area contributed by atoms with Crippen LogP contribution >= 0.6 is 0 Å². The van der Waals surface area contributed by atoms with Crippen molar-refractivity contribution in [1.82, 2.24) is 10.3 Å². The van der Waals surface area contributed by atoms with Crippen LogP contribution in [0.1, 0.15) is 21.6 Å². The molecule has 1 aromatic heterocycles. The maximum absolute atomic E-state index is 13.6. The van der Waals surface area contributed by atoms with Gasteiger partial charge < -0.3 is 10.6 Å². The molecule has 0 saturated carbocycles. The number of nitrogens with one attached hydrogen (secondary N) is 2. The highest BCUT2D eigenvalue weighted by Crippen LogP contribution is 2.17. The zero-order valence-corrected chi connectivity index (χ0v) is 14.4. The van der Waals surface area contributed by atoms with Gasteiger partial charge in [-0.25, -0.2) is 9.37 Å². The number of halogens is 1. The van der Waals surface area contributed by atoms with Crippen molar-refractivity contribution in [1.29, 1.82) is 5.26 Å². The van der Waals surface area contributed by atoms with Gasteiger partial charge in [0.05, 0.1) is 23.5 Å². The number of rotatable bonds is 6. The Labute approximate surface area is 156 Å². The van der Waals surface area contributed by atoms with Gasteiger partial charge in [-0.1, -0.05) is 24.3 Å². The van der Waals surface area contributed by atoms with E-state index in [0.29, 0.717) is 29.8 Å². The summed E-state index contributed by atoms with van der Waals surface area (Å²) in [6, 6.07) is 19.0. The minimum atomic E-state index is -0.315. The number of carbonyl (C=O) groups excluding carboxylic acids is 1. The van der Waals surface area contributed by atoms with E-state index in [-0.39, 0.29) is 17.4 Å². The van der Waals surface area contributed by atoms with E-state index in [2.05, 4.69) is 21.7 Å². The summed E-state index contributed by atoms with van der Waals surface area (Å²) >= 11 is 0. The van der Waals surface area contributed by atoms with Gasteiger partial charge in [-0.3, -0.25) is 4.79 Å². The fourth-order valence-corrected chi connectivity index (χ4v) is 2.54. The van der Waals surface area contributed by atoms with Gasteiger partial charge >= 0.3 is 0 Å². The highest BCUT2D eigenvalue weighted by atomic mass is 19.1. The van der Waals surface area contributed by atoms with Crippen LogP contribution in [0.25, 0.3) is 0 Å². The van der Waals surface area contributed by atoms with E-state index >= 15 is 0 Å². The monoisotopic (exact) mass is 360 g/mol. The zero-order valence-electron chi connectivity index (χ0n) is 14.4. The summed E-state index contributed by atoms with van der Waals surface area (Å²) in [6.45, 7) is 0.322. The van der Waals surface area contributed by atoms with E-state index in [1.165, 1.54) is 6.07 Å². The number of carbonyl (C=O) groups is 1. The molecule has 0 radical (unpaired) electrons. The summed E-state index contributed by atoms with van der Waals surface area (Å²) < 4.78 is 13.6. The van der Waals surface area contributed by atoms with E-state index in [4.69, 9.17) is 5.26 Å². The molecule has 3 rings (SSSR count). The Morgan fingerprint density at radius 2 is 1.93 bits per heavy atom. The quantitative estimate of drug-likeness (QED) is 0.701. The van der Waals surface area contributed by atoms with Gasteiger partial charge in [-0.15, -0.1) is 0 Å². The average Bonchev–Trinajstić information content (AvgIpc) is 2.70. The lowest BCUT2D eigenvalue weighted by atomic mass is 10.1. The van der Waals surface area contributed by atoms with Crippen LogP contribution in [0.15, 0.2) is 66.9 Å². The smallest absolute Gasteiger partial charge is 0.269 e. The molecule has 0 spiro atoms. The summed E-state index contributed by atoms with van der Waals surface area (Å²) in [5, 5.41) is 14.8. The van der Waals surface area contributed by atoms with Gasteiger partial charge in [0.1, 0.15) is 11.5 Å². The van der Waals surface area contributed by atoms with Gasteiger partial charge in [0.25, 0.3) is 5.91 Å². The Bertz CT molecular complexity index is 980. The van der Waals surface area contributed by atoms with Crippen molar-refractivity contribution in [3.8, 4) is 6.07 Å². The van der Waals surface area contributed by atoms with Gasteiger partial charge in [0, 0.05) is 12.2 Å². The molecule has 0 bridgehead atoms. The van der Waals surface area contributed by atoms with E-state index in [9.17, 15) is 9.18 Å². The number of hydrogen-bond acceptors (Lipinski definition) is 4. The van der Waals surface area contributed by atoms with Crippen LogP contribution in [0.3, 0.4) is 0 Å². The molecule has 2 aromatic carbocycles. The molecule has 6 heteroatoms. The van der Waals surface area contributed by atoms with Crippen molar-refractivity contribution < 1.29 is 9.18 Å². The third kappa shape index (κ3) is 4.89. The van der Waals surface area contributed by atoms with Crippen LogP contribution in [0.2, 0.25) is 0 Å². The van der Waals surface area contributed by atoms with Crippen molar-refractivity contribution >= 4 is 17.3 Å². The predicted molar refractivity (Wildman–Crippen MR) is 101 cm³/mol. The third-order valence-corrected chi connectivity index (χ3v) is 3.91. The molecule has 0 unspecified atom stereocenters. The number of nitriles is 1. The van der Waals surface area contributed by atoms with Crippen LogP contribution in [-0.4, -0.2) is 17.4 Å². The van der Waals surface area contributed by atoms with Crippen molar-refractivity contribution in [2.24, 2.45) is 0 Å². The lowest BCUT2D eigenvalue weighted by Crippen LogP contribution is -2.26. The van der Waals surface area contributed by atoms with Gasteiger partial charge in [0.2, 0.25) is 0 Å². The van der Waals surface area contributed by atoms with Crippen LogP contribution in [0.4, 0.5) is 15.8 Å². The molecular formula is C21H17FN4O. The molecule has 27 heavy (non-hydrogen) atoms. The molecule has 5 nitrogen and oxygen atoms in total. The molecule has 0 aliphatic heterocycles. The van der Waals surface area contributed by atoms with Crippen molar-refractivity contribution in [3.05, 3.63) is 89.5 Å². The second-order valence-corrected chi connectivity index (χ2v) is 5.85. The first-order chi connectivity index (χ1) is 13.2. The Kier molecular flexibility index (Phi) is 5.75. The molecule has 0 saturated heterocycles. The van der Waals surface area contributed by atoms with Gasteiger partial charge in [-0.05, 0) is 48.4 Å². The lowest BCUT2D eigenvalue weighted by Gasteiger charge is -2.08. The maximum atomic E-state index is 13.6. The number of amides is 1. The second kappa shape index (κ2) is 8.59. The standard InChI is InChI=1S/C21H17FN4O/c22-19-7-2-1-5-16(19)10-11-24-21(27)20-9-8-18(14-25-20)26-17-6-3-4-15(12-17)13-23/h1-9,12,14,26H,10-11H2,(H,24,27). The van der Waals surface area contributed by atoms with E-state index in [1.54, 1.807) is 54.7 Å². The number of nitrogens with zero attached hydrogens (tertiary/aromatic N) is 2. The van der Waals surface area contributed by atoms with Gasteiger partial charge in [-0.2, -0.15) is 5.26 Å². The molecule has 0 aliphatic rings. The molecule has 2 N–H and O–H groups in total. The number of benzene rings is 2. The van der Waals surface area contributed by atoms with E-state index in [1.807, 2.05) is 6.07 Å².